The molecule has 1 heterocycles. The van der Waals surface area contributed by atoms with Crippen LogP contribution in [0.4, 0.5) is 4.79 Å². The van der Waals surface area contributed by atoms with Crippen molar-refractivity contribution in [3.63, 3.8) is 0 Å². The summed E-state index contributed by atoms with van der Waals surface area (Å²) in [7, 11) is 0. The molecule has 0 aliphatic carbocycles. The molecule has 1 saturated heterocycles. The first kappa shape index (κ1) is 14.8. The Bertz CT molecular complexity index is 459. The number of para-hydroxylation sites is 1. The lowest BCUT2D eigenvalue weighted by Gasteiger charge is -2.26. The molecule has 1 aromatic carbocycles. The molecule has 0 saturated carbocycles. The Morgan fingerprint density at radius 1 is 1.40 bits per heavy atom. The number of nitrogens with zero attached hydrogens (tertiary/aromatic N) is 1. The summed E-state index contributed by atoms with van der Waals surface area (Å²) >= 11 is 1.89. The zero-order chi connectivity index (χ0) is 14.2. The van der Waals surface area contributed by atoms with E-state index < -0.39 is 0 Å². The van der Waals surface area contributed by atoms with Crippen molar-refractivity contribution in [2.75, 3.05) is 31.2 Å². The number of nitrogens with one attached hydrogen (secondary N) is 1. The number of ether oxygens (including phenoxy) is 1. The molecule has 0 atom stereocenters. The minimum Gasteiger partial charge on any atom is -0.489 e. The van der Waals surface area contributed by atoms with Crippen LogP contribution >= 0.6 is 11.8 Å². The number of thioether (sulfide) groups is 1. The van der Waals surface area contributed by atoms with Gasteiger partial charge in [0.2, 0.25) is 0 Å². The molecule has 0 spiro atoms. The highest BCUT2D eigenvalue weighted by Gasteiger charge is 2.16. The summed E-state index contributed by atoms with van der Waals surface area (Å²) in [5.74, 6) is 2.83. The van der Waals surface area contributed by atoms with Crippen molar-refractivity contribution in [3.8, 4) is 5.75 Å². The Hall–Kier alpha value is -1.62. The summed E-state index contributed by atoms with van der Waals surface area (Å²) < 4.78 is 5.58. The third-order valence-corrected chi connectivity index (χ3v) is 4.00. The van der Waals surface area contributed by atoms with E-state index >= 15 is 0 Å². The van der Waals surface area contributed by atoms with Crippen molar-refractivity contribution in [2.24, 2.45) is 0 Å². The SMILES string of the molecule is C=CCOc1ccccc1CNC(=O)N1CCSCC1. The van der Waals surface area contributed by atoms with Gasteiger partial charge in [0.15, 0.2) is 0 Å². The average molecular weight is 292 g/mol. The lowest BCUT2D eigenvalue weighted by Crippen LogP contribution is -2.44. The van der Waals surface area contributed by atoms with Crippen molar-refractivity contribution < 1.29 is 9.53 Å². The van der Waals surface area contributed by atoms with E-state index in [1.165, 1.54) is 0 Å². The zero-order valence-electron chi connectivity index (χ0n) is 11.5. The first-order valence-corrected chi connectivity index (χ1v) is 7.89. The first-order valence-electron chi connectivity index (χ1n) is 6.73. The maximum Gasteiger partial charge on any atom is 0.317 e. The Morgan fingerprint density at radius 2 is 2.15 bits per heavy atom. The van der Waals surface area contributed by atoms with E-state index in [0.717, 1.165) is 35.9 Å². The van der Waals surface area contributed by atoms with E-state index in [2.05, 4.69) is 11.9 Å². The average Bonchev–Trinajstić information content (AvgIpc) is 2.52. The van der Waals surface area contributed by atoms with Gasteiger partial charge in [-0.05, 0) is 6.07 Å². The number of hydrogen-bond acceptors (Lipinski definition) is 3. The molecule has 4 nitrogen and oxygen atoms in total. The van der Waals surface area contributed by atoms with Crippen LogP contribution in [-0.4, -0.2) is 42.1 Å². The first-order chi connectivity index (χ1) is 9.81. The largest absolute Gasteiger partial charge is 0.489 e. The van der Waals surface area contributed by atoms with Crippen LogP contribution in [0, 0.1) is 0 Å². The lowest BCUT2D eigenvalue weighted by atomic mass is 10.2. The van der Waals surface area contributed by atoms with Crippen LogP contribution < -0.4 is 10.1 Å². The predicted octanol–water partition coefficient (Wildman–Crippen LogP) is 2.51. The number of urea groups is 1. The molecule has 5 heteroatoms. The van der Waals surface area contributed by atoms with Gasteiger partial charge in [-0.2, -0.15) is 11.8 Å². The number of benzene rings is 1. The second-order valence-electron chi connectivity index (χ2n) is 4.47. The predicted molar refractivity (Wildman–Crippen MR) is 83.3 cm³/mol. The molecule has 1 N–H and O–H groups in total. The molecular formula is C15H20N2O2S. The molecule has 1 aliphatic heterocycles. The number of carbonyl (C=O) groups is 1. The Morgan fingerprint density at radius 3 is 2.90 bits per heavy atom. The molecule has 1 aromatic rings. The number of hydrogen-bond donors (Lipinski definition) is 1. The molecule has 1 fully saturated rings. The highest BCUT2D eigenvalue weighted by atomic mass is 32.2. The third kappa shape index (κ3) is 4.20. The smallest absolute Gasteiger partial charge is 0.317 e. The molecule has 0 radical (unpaired) electrons. The molecule has 20 heavy (non-hydrogen) atoms. The van der Waals surface area contributed by atoms with Crippen molar-refractivity contribution in [2.45, 2.75) is 6.54 Å². The molecule has 108 valence electrons. The van der Waals surface area contributed by atoms with Crippen LogP contribution in [0.15, 0.2) is 36.9 Å². The van der Waals surface area contributed by atoms with Gasteiger partial charge in [-0.15, -0.1) is 0 Å². The number of carbonyl (C=O) groups excluding carboxylic acids is 1. The summed E-state index contributed by atoms with van der Waals surface area (Å²) in [6.07, 6.45) is 1.71. The van der Waals surface area contributed by atoms with E-state index in [-0.39, 0.29) is 6.03 Å². The summed E-state index contributed by atoms with van der Waals surface area (Å²) in [6, 6.07) is 7.74. The zero-order valence-corrected chi connectivity index (χ0v) is 12.3. The lowest BCUT2D eigenvalue weighted by molar-refractivity contribution is 0.202. The topological polar surface area (TPSA) is 41.6 Å². The quantitative estimate of drug-likeness (QED) is 0.848. The van der Waals surface area contributed by atoms with Crippen molar-refractivity contribution in [3.05, 3.63) is 42.5 Å². The van der Waals surface area contributed by atoms with Crippen molar-refractivity contribution in [1.29, 1.82) is 0 Å². The number of rotatable bonds is 5. The van der Waals surface area contributed by atoms with Gasteiger partial charge in [-0.1, -0.05) is 30.9 Å². The highest BCUT2D eigenvalue weighted by Crippen LogP contribution is 2.18. The molecule has 2 rings (SSSR count). The maximum absolute atomic E-state index is 12.0. The minimum atomic E-state index is 0.00354. The van der Waals surface area contributed by atoms with Gasteiger partial charge in [0.05, 0.1) is 0 Å². The van der Waals surface area contributed by atoms with E-state index in [1.54, 1.807) is 6.08 Å². The van der Waals surface area contributed by atoms with Crippen molar-refractivity contribution in [1.82, 2.24) is 10.2 Å². The maximum atomic E-state index is 12.0. The fraction of sp³-hybridized carbons (Fsp3) is 0.400. The van der Waals surface area contributed by atoms with Gasteiger partial charge in [-0.25, -0.2) is 4.79 Å². The van der Waals surface area contributed by atoms with E-state index in [4.69, 9.17) is 4.74 Å². The number of amides is 2. The molecule has 0 aromatic heterocycles. The van der Waals surface area contributed by atoms with Gasteiger partial charge in [0.1, 0.15) is 12.4 Å². The second kappa shape index (κ2) is 7.85. The van der Waals surface area contributed by atoms with Gasteiger partial charge in [0, 0.05) is 36.7 Å². The van der Waals surface area contributed by atoms with E-state index in [9.17, 15) is 4.79 Å². The summed E-state index contributed by atoms with van der Waals surface area (Å²) in [6.45, 7) is 6.23. The fourth-order valence-electron chi connectivity index (χ4n) is 1.99. The van der Waals surface area contributed by atoms with Gasteiger partial charge in [0.25, 0.3) is 0 Å². The van der Waals surface area contributed by atoms with Crippen LogP contribution in [0.5, 0.6) is 5.75 Å². The normalized spacial score (nSPS) is 14.7. The van der Waals surface area contributed by atoms with Crippen LogP contribution in [-0.2, 0) is 6.54 Å². The molecule has 0 bridgehead atoms. The van der Waals surface area contributed by atoms with Crippen molar-refractivity contribution >= 4 is 17.8 Å². The Labute approximate surface area is 124 Å². The van der Waals surface area contributed by atoms with Gasteiger partial charge < -0.3 is 15.0 Å². The molecule has 2 amide bonds. The third-order valence-electron chi connectivity index (χ3n) is 3.06. The van der Waals surface area contributed by atoms with Crippen LogP contribution in [0.2, 0.25) is 0 Å². The Kier molecular flexibility index (Phi) is 5.80. The molecule has 0 unspecified atom stereocenters. The van der Waals surface area contributed by atoms with E-state index in [0.29, 0.717) is 13.2 Å². The minimum absolute atomic E-state index is 0.00354. The fourth-order valence-corrected chi connectivity index (χ4v) is 2.89. The van der Waals surface area contributed by atoms with Crippen LogP contribution in [0.25, 0.3) is 0 Å². The molecule has 1 aliphatic rings. The monoisotopic (exact) mass is 292 g/mol. The second-order valence-corrected chi connectivity index (χ2v) is 5.69. The van der Waals surface area contributed by atoms with Crippen LogP contribution in [0.3, 0.4) is 0 Å². The van der Waals surface area contributed by atoms with Gasteiger partial charge >= 0.3 is 6.03 Å². The van der Waals surface area contributed by atoms with E-state index in [1.807, 2.05) is 40.9 Å². The standard InChI is InChI=1S/C15H20N2O2S/c1-2-9-19-14-6-4-3-5-13(14)12-16-15(18)17-7-10-20-11-8-17/h2-6H,1,7-12H2,(H,16,18). The summed E-state index contributed by atoms with van der Waals surface area (Å²) in [5, 5.41) is 2.96. The molecular weight excluding hydrogens is 272 g/mol. The summed E-state index contributed by atoms with van der Waals surface area (Å²) in [5.41, 5.74) is 0.981. The van der Waals surface area contributed by atoms with Crippen LogP contribution in [0.1, 0.15) is 5.56 Å². The van der Waals surface area contributed by atoms with Gasteiger partial charge in [-0.3, -0.25) is 0 Å². The Balaban J connectivity index is 1.89. The highest BCUT2D eigenvalue weighted by molar-refractivity contribution is 7.99. The summed E-state index contributed by atoms with van der Waals surface area (Å²) in [4.78, 5) is 13.9.